The highest BCUT2D eigenvalue weighted by molar-refractivity contribution is 6.35. The van der Waals surface area contributed by atoms with E-state index in [4.69, 9.17) is 9.15 Å². The minimum atomic E-state index is -0.820. The van der Waals surface area contributed by atoms with E-state index < -0.39 is 11.8 Å². The van der Waals surface area contributed by atoms with Crippen LogP contribution in [0.1, 0.15) is 35.9 Å². The van der Waals surface area contributed by atoms with Gasteiger partial charge in [-0.3, -0.25) is 9.59 Å². The molecule has 140 valence electrons. The quantitative estimate of drug-likeness (QED) is 0.349. The first kappa shape index (κ1) is 18.4. The standard InChI is InChI=1S/C19H19N3O5/c1-2-26-19(25)13-5-3-12(4-6-13)16-10-9-15(27-16)11-20-22-18(24)17(23)21-14-7-8-14/h3-6,9-11,14H,2,7-8H2,1H3,(H,21,23)(H,22,24)/b20-11-. The van der Waals surface area contributed by atoms with E-state index in [1.165, 1.54) is 6.21 Å². The van der Waals surface area contributed by atoms with Crippen LogP contribution in [0.4, 0.5) is 0 Å². The first-order valence-electron chi connectivity index (χ1n) is 8.58. The molecule has 1 heterocycles. The van der Waals surface area contributed by atoms with Gasteiger partial charge in [0.25, 0.3) is 0 Å². The summed E-state index contributed by atoms with van der Waals surface area (Å²) >= 11 is 0. The predicted molar refractivity (Wildman–Crippen MR) is 97.0 cm³/mol. The number of nitrogens with zero attached hydrogens (tertiary/aromatic N) is 1. The molecule has 2 amide bonds. The number of rotatable bonds is 6. The minimum Gasteiger partial charge on any atom is -0.462 e. The molecule has 1 saturated carbocycles. The minimum absolute atomic E-state index is 0.107. The lowest BCUT2D eigenvalue weighted by molar-refractivity contribution is -0.139. The molecule has 1 fully saturated rings. The summed E-state index contributed by atoms with van der Waals surface area (Å²) in [7, 11) is 0. The lowest BCUT2D eigenvalue weighted by Gasteiger charge is -2.02. The highest BCUT2D eigenvalue weighted by Crippen LogP contribution is 2.22. The van der Waals surface area contributed by atoms with Crippen molar-refractivity contribution >= 4 is 24.0 Å². The van der Waals surface area contributed by atoms with Gasteiger partial charge < -0.3 is 14.5 Å². The third kappa shape index (κ3) is 5.04. The van der Waals surface area contributed by atoms with Crippen molar-refractivity contribution in [1.82, 2.24) is 10.7 Å². The molecule has 3 rings (SSSR count). The number of hydrogen-bond acceptors (Lipinski definition) is 6. The molecule has 0 bridgehead atoms. The highest BCUT2D eigenvalue weighted by Gasteiger charge is 2.26. The van der Waals surface area contributed by atoms with Crippen LogP contribution < -0.4 is 10.7 Å². The van der Waals surface area contributed by atoms with Gasteiger partial charge >= 0.3 is 17.8 Å². The van der Waals surface area contributed by atoms with Crippen molar-refractivity contribution in [2.45, 2.75) is 25.8 Å². The summed E-state index contributed by atoms with van der Waals surface area (Å²) < 4.78 is 10.6. The second kappa shape index (κ2) is 8.31. The highest BCUT2D eigenvalue weighted by atomic mass is 16.5. The molecular weight excluding hydrogens is 350 g/mol. The van der Waals surface area contributed by atoms with Gasteiger partial charge in [0.05, 0.1) is 18.4 Å². The molecule has 0 unspecified atom stereocenters. The van der Waals surface area contributed by atoms with Crippen LogP contribution >= 0.6 is 0 Å². The number of hydrazone groups is 1. The number of amides is 2. The maximum absolute atomic E-state index is 11.7. The maximum atomic E-state index is 11.7. The van der Waals surface area contributed by atoms with Crippen LogP contribution in [0.3, 0.4) is 0 Å². The van der Waals surface area contributed by atoms with Gasteiger partial charge in [-0.05, 0) is 44.0 Å². The number of esters is 1. The molecule has 1 aromatic heterocycles. The van der Waals surface area contributed by atoms with Crippen molar-refractivity contribution in [3.63, 3.8) is 0 Å². The normalized spacial score (nSPS) is 13.4. The zero-order valence-corrected chi connectivity index (χ0v) is 14.7. The summed E-state index contributed by atoms with van der Waals surface area (Å²) in [5.41, 5.74) is 3.39. The second-order valence-electron chi connectivity index (χ2n) is 5.95. The molecule has 0 radical (unpaired) electrons. The van der Waals surface area contributed by atoms with Gasteiger partial charge in [0.2, 0.25) is 0 Å². The first-order chi connectivity index (χ1) is 13.1. The van der Waals surface area contributed by atoms with Gasteiger partial charge in [0, 0.05) is 11.6 Å². The Morgan fingerprint density at radius 2 is 1.89 bits per heavy atom. The zero-order valence-electron chi connectivity index (χ0n) is 14.7. The van der Waals surface area contributed by atoms with Crippen molar-refractivity contribution in [2.24, 2.45) is 5.10 Å². The molecule has 0 aliphatic heterocycles. The van der Waals surface area contributed by atoms with Gasteiger partial charge in [0.1, 0.15) is 11.5 Å². The number of carbonyl (C=O) groups excluding carboxylic acids is 3. The Morgan fingerprint density at radius 1 is 1.15 bits per heavy atom. The van der Waals surface area contributed by atoms with E-state index in [9.17, 15) is 14.4 Å². The number of nitrogens with one attached hydrogen (secondary N) is 2. The molecule has 0 saturated heterocycles. The number of ether oxygens (including phenoxy) is 1. The van der Waals surface area contributed by atoms with Crippen LogP contribution in [-0.2, 0) is 14.3 Å². The van der Waals surface area contributed by atoms with E-state index in [2.05, 4.69) is 15.8 Å². The van der Waals surface area contributed by atoms with Crippen LogP contribution in [0.2, 0.25) is 0 Å². The zero-order chi connectivity index (χ0) is 19.2. The number of carbonyl (C=O) groups is 3. The monoisotopic (exact) mass is 369 g/mol. The molecule has 1 aromatic carbocycles. The molecule has 1 aliphatic carbocycles. The number of furan rings is 1. The fourth-order valence-corrected chi connectivity index (χ4v) is 2.25. The Labute approximate surface area is 155 Å². The smallest absolute Gasteiger partial charge is 0.338 e. The molecule has 0 spiro atoms. The topological polar surface area (TPSA) is 110 Å². The molecule has 0 atom stereocenters. The Balaban J connectivity index is 1.56. The average molecular weight is 369 g/mol. The average Bonchev–Trinajstić information content (AvgIpc) is 3.36. The van der Waals surface area contributed by atoms with Gasteiger partial charge in [-0.2, -0.15) is 5.10 Å². The Hall–Kier alpha value is -3.42. The maximum Gasteiger partial charge on any atom is 0.338 e. The predicted octanol–water partition coefficient (Wildman–Crippen LogP) is 1.85. The third-order valence-electron chi connectivity index (χ3n) is 3.78. The number of benzene rings is 1. The van der Waals surface area contributed by atoms with Crippen molar-refractivity contribution < 1.29 is 23.5 Å². The van der Waals surface area contributed by atoms with Crippen LogP contribution in [-0.4, -0.2) is 36.6 Å². The molecule has 1 aliphatic rings. The van der Waals surface area contributed by atoms with Crippen molar-refractivity contribution in [2.75, 3.05) is 6.61 Å². The van der Waals surface area contributed by atoms with Crippen LogP contribution in [0.5, 0.6) is 0 Å². The van der Waals surface area contributed by atoms with Crippen LogP contribution in [0, 0.1) is 0 Å². The van der Waals surface area contributed by atoms with E-state index in [0.29, 0.717) is 23.7 Å². The first-order valence-corrected chi connectivity index (χ1v) is 8.58. The Morgan fingerprint density at radius 3 is 2.56 bits per heavy atom. The summed E-state index contributed by atoms with van der Waals surface area (Å²) in [6, 6.07) is 10.3. The fourth-order valence-electron chi connectivity index (χ4n) is 2.25. The lowest BCUT2D eigenvalue weighted by Crippen LogP contribution is -2.38. The van der Waals surface area contributed by atoms with E-state index in [1.54, 1.807) is 43.3 Å². The van der Waals surface area contributed by atoms with E-state index in [-0.39, 0.29) is 12.0 Å². The summed E-state index contributed by atoms with van der Waals surface area (Å²) in [5.74, 6) is -0.916. The third-order valence-corrected chi connectivity index (χ3v) is 3.78. The van der Waals surface area contributed by atoms with Gasteiger partial charge in [-0.1, -0.05) is 12.1 Å². The molecular formula is C19H19N3O5. The van der Waals surface area contributed by atoms with Crippen molar-refractivity contribution in [1.29, 1.82) is 0 Å². The summed E-state index contributed by atoms with van der Waals surface area (Å²) in [6.07, 6.45) is 3.11. The summed E-state index contributed by atoms with van der Waals surface area (Å²) in [4.78, 5) is 34.7. The van der Waals surface area contributed by atoms with Crippen LogP contribution in [0.25, 0.3) is 11.3 Å². The summed E-state index contributed by atoms with van der Waals surface area (Å²) in [6.45, 7) is 2.07. The molecule has 8 heteroatoms. The Kier molecular flexibility index (Phi) is 5.65. The fraction of sp³-hybridized carbons (Fsp3) is 0.263. The van der Waals surface area contributed by atoms with Gasteiger partial charge in [-0.15, -0.1) is 0 Å². The largest absolute Gasteiger partial charge is 0.462 e. The van der Waals surface area contributed by atoms with Gasteiger partial charge in [-0.25, -0.2) is 10.2 Å². The molecule has 8 nitrogen and oxygen atoms in total. The molecule has 27 heavy (non-hydrogen) atoms. The van der Waals surface area contributed by atoms with Crippen molar-refractivity contribution in [3.05, 3.63) is 47.7 Å². The molecule has 2 N–H and O–H groups in total. The molecule has 2 aromatic rings. The number of hydrogen-bond donors (Lipinski definition) is 2. The lowest BCUT2D eigenvalue weighted by atomic mass is 10.1. The van der Waals surface area contributed by atoms with E-state index in [0.717, 1.165) is 18.4 Å². The van der Waals surface area contributed by atoms with E-state index >= 15 is 0 Å². The Bertz CT molecular complexity index is 866. The van der Waals surface area contributed by atoms with E-state index in [1.807, 2.05) is 0 Å². The second-order valence-corrected chi connectivity index (χ2v) is 5.95. The summed E-state index contributed by atoms with van der Waals surface area (Å²) in [5, 5.41) is 6.28. The van der Waals surface area contributed by atoms with Gasteiger partial charge in [0.15, 0.2) is 0 Å². The SMILES string of the molecule is CCOC(=O)c1ccc(-c2ccc(/C=N\NC(=O)C(=O)NC3CC3)o2)cc1. The van der Waals surface area contributed by atoms with Crippen molar-refractivity contribution in [3.8, 4) is 11.3 Å². The van der Waals surface area contributed by atoms with Crippen LogP contribution in [0.15, 0.2) is 45.9 Å².